The molecule has 0 radical (unpaired) electrons. The van der Waals surface area contributed by atoms with Gasteiger partial charge < -0.3 is 15.5 Å². The van der Waals surface area contributed by atoms with Crippen LogP contribution in [0.15, 0.2) is 29.6 Å². The number of nitrogens with zero attached hydrogens (tertiary/aromatic N) is 2. The lowest BCUT2D eigenvalue weighted by atomic mass is 9.83. The van der Waals surface area contributed by atoms with E-state index in [1.165, 1.54) is 17.8 Å². The van der Waals surface area contributed by atoms with E-state index in [0.29, 0.717) is 17.8 Å². The maximum Gasteiger partial charge on any atom is 0.246 e. The third-order valence-corrected chi connectivity index (χ3v) is 8.63. The molecule has 0 spiro atoms. The maximum absolute atomic E-state index is 13.9. The van der Waals surface area contributed by atoms with Crippen LogP contribution < -0.4 is 10.6 Å². The van der Waals surface area contributed by atoms with Crippen LogP contribution in [-0.2, 0) is 16.0 Å². The van der Waals surface area contributed by atoms with Crippen molar-refractivity contribution in [1.82, 2.24) is 20.5 Å². The first-order chi connectivity index (χ1) is 17.4. The van der Waals surface area contributed by atoms with Gasteiger partial charge in [0.2, 0.25) is 17.6 Å². The fourth-order valence-electron chi connectivity index (χ4n) is 5.35. The Kier molecular flexibility index (Phi) is 8.90. The molecule has 1 aliphatic heterocycles. The van der Waals surface area contributed by atoms with Gasteiger partial charge in [0.05, 0.1) is 12.1 Å². The van der Waals surface area contributed by atoms with Crippen molar-refractivity contribution < 1.29 is 14.4 Å². The van der Waals surface area contributed by atoms with Crippen LogP contribution >= 0.6 is 11.3 Å². The molecule has 2 fully saturated rings. The Hall–Kier alpha value is -2.58. The number of carbonyl (C=O) groups is 3. The zero-order chi connectivity index (χ0) is 25.7. The minimum atomic E-state index is -0.521. The van der Waals surface area contributed by atoms with Crippen LogP contribution in [0.2, 0.25) is 0 Å². The Bertz CT molecular complexity index is 1080. The fourth-order valence-corrected chi connectivity index (χ4v) is 6.29. The molecule has 0 unspecified atom stereocenters. The Morgan fingerprint density at radius 1 is 1.14 bits per heavy atom. The molecule has 2 N–H and O–H groups in total. The van der Waals surface area contributed by atoms with Gasteiger partial charge in [-0.25, -0.2) is 4.98 Å². The number of likely N-dealkylation sites (N-methyl/N-ethyl adjacent to an activating group) is 1. The predicted molar refractivity (Wildman–Crippen MR) is 142 cm³/mol. The number of likely N-dealkylation sites (tertiary alicyclic amines) is 1. The van der Waals surface area contributed by atoms with Crippen molar-refractivity contribution in [3.8, 4) is 0 Å². The van der Waals surface area contributed by atoms with Gasteiger partial charge in [-0.05, 0) is 63.6 Å². The second kappa shape index (κ2) is 12.1. The highest BCUT2D eigenvalue weighted by molar-refractivity contribution is 7.10. The number of hydrogen-bond acceptors (Lipinski definition) is 6. The number of hydrogen-bond donors (Lipinski definition) is 2. The van der Waals surface area contributed by atoms with Crippen LogP contribution in [-0.4, -0.2) is 53.2 Å². The zero-order valence-corrected chi connectivity index (χ0v) is 22.4. The number of aromatic nitrogens is 1. The fraction of sp³-hybridized carbons (Fsp3) is 0.571. The first-order valence-corrected chi connectivity index (χ1v) is 14.2. The summed E-state index contributed by atoms with van der Waals surface area (Å²) in [6.45, 7) is 4.52. The number of carbonyl (C=O) groups excluding carboxylic acids is 3. The average Bonchev–Trinajstić information content (AvgIpc) is 3.61. The molecule has 3 atom stereocenters. The first-order valence-electron chi connectivity index (χ1n) is 13.3. The topological polar surface area (TPSA) is 91.4 Å². The van der Waals surface area contributed by atoms with E-state index < -0.39 is 6.04 Å². The first kappa shape index (κ1) is 26.5. The normalized spacial score (nSPS) is 20.2. The number of aryl methyl sites for hydroxylation is 1. The summed E-state index contributed by atoms with van der Waals surface area (Å²) >= 11 is 1.45. The number of rotatable bonds is 9. The molecule has 1 saturated carbocycles. The molecule has 36 heavy (non-hydrogen) atoms. The van der Waals surface area contributed by atoms with Gasteiger partial charge in [0, 0.05) is 17.5 Å². The highest BCUT2D eigenvalue weighted by Gasteiger charge is 2.40. The minimum Gasteiger partial charge on any atom is -0.343 e. The van der Waals surface area contributed by atoms with Gasteiger partial charge in [-0.1, -0.05) is 44.4 Å². The van der Waals surface area contributed by atoms with Crippen LogP contribution in [0.25, 0.3) is 0 Å². The SMILES string of the molecule is CCc1cccc(C(=O)c2csc([C@@H]3CCCN3C(=O)[C@@H](NC(=O)[C@H](C)NC)C3CCCCC3)n2)c1. The van der Waals surface area contributed by atoms with Gasteiger partial charge in [0.15, 0.2) is 0 Å². The molecule has 0 bridgehead atoms. The molecule has 1 saturated heterocycles. The van der Waals surface area contributed by atoms with Gasteiger partial charge in [0.25, 0.3) is 0 Å². The van der Waals surface area contributed by atoms with Crippen LogP contribution in [0.1, 0.15) is 91.5 Å². The highest BCUT2D eigenvalue weighted by atomic mass is 32.1. The van der Waals surface area contributed by atoms with Crippen molar-refractivity contribution in [3.63, 3.8) is 0 Å². The van der Waals surface area contributed by atoms with Crippen LogP contribution in [0, 0.1) is 5.92 Å². The van der Waals surface area contributed by atoms with E-state index >= 15 is 0 Å². The number of nitrogens with one attached hydrogen (secondary N) is 2. The van der Waals surface area contributed by atoms with Crippen molar-refractivity contribution >= 4 is 28.9 Å². The van der Waals surface area contributed by atoms with Gasteiger partial charge in [0.1, 0.15) is 16.7 Å². The number of benzene rings is 1. The molecule has 1 aromatic heterocycles. The lowest BCUT2D eigenvalue weighted by molar-refractivity contribution is -0.139. The van der Waals surface area contributed by atoms with Crippen molar-refractivity contribution in [3.05, 3.63) is 51.5 Å². The summed E-state index contributed by atoms with van der Waals surface area (Å²) < 4.78 is 0. The molecule has 2 aliphatic rings. The number of amides is 2. The summed E-state index contributed by atoms with van der Waals surface area (Å²) in [5, 5.41) is 8.66. The van der Waals surface area contributed by atoms with E-state index in [9.17, 15) is 14.4 Å². The third-order valence-electron chi connectivity index (χ3n) is 7.68. The summed E-state index contributed by atoms with van der Waals surface area (Å²) in [5.41, 5.74) is 2.19. The summed E-state index contributed by atoms with van der Waals surface area (Å²) in [4.78, 5) is 46.4. The largest absolute Gasteiger partial charge is 0.343 e. The molecule has 1 aliphatic carbocycles. The number of thiazole rings is 1. The molecule has 194 valence electrons. The molecule has 2 amide bonds. The van der Waals surface area contributed by atoms with Gasteiger partial charge in [-0.15, -0.1) is 11.3 Å². The lowest BCUT2D eigenvalue weighted by Gasteiger charge is -2.35. The molecule has 1 aromatic carbocycles. The second-order valence-corrected chi connectivity index (χ2v) is 10.9. The third kappa shape index (κ3) is 5.86. The summed E-state index contributed by atoms with van der Waals surface area (Å²) in [7, 11) is 1.75. The molecular weight excluding hydrogens is 472 g/mol. The lowest BCUT2D eigenvalue weighted by Crippen LogP contribution is -2.55. The van der Waals surface area contributed by atoms with Crippen LogP contribution in [0.5, 0.6) is 0 Å². The Morgan fingerprint density at radius 3 is 2.64 bits per heavy atom. The Balaban J connectivity index is 1.53. The standard InChI is InChI=1S/C28H38N4O3S/c1-4-19-10-8-13-21(16-19)25(33)22-17-36-27(30-22)23-14-9-15-32(23)28(35)24(20-11-6-5-7-12-20)31-26(34)18(2)29-3/h8,10,13,16-18,20,23-24,29H,4-7,9,11-12,14-15H2,1-3H3,(H,31,34)/t18-,23-,24-/m0/s1. The van der Waals surface area contributed by atoms with E-state index in [0.717, 1.165) is 55.5 Å². The quantitative estimate of drug-likeness (QED) is 0.492. The average molecular weight is 511 g/mol. The van der Waals surface area contributed by atoms with Gasteiger partial charge in [-0.2, -0.15) is 0 Å². The van der Waals surface area contributed by atoms with E-state index in [1.807, 2.05) is 34.5 Å². The summed E-state index contributed by atoms with van der Waals surface area (Å²) in [5.74, 6) is -0.0924. The molecule has 8 heteroatoms. The molecule has 4 rings (SSSR count). The molecule has 2 aromatic rings. The van der Waals surface area contributed by atoms with Crippen molar-refractivity contribution in [1.29, 1.82) is 0 Å². The second-order valence-electron chi connectivity index (χ2n) is 10.0. The highest BCUT2D eigenvalue weighted by Crippen LogP contribution is 2.36. The molecule has 2 heterocycles. The van der Waals surface area contributed by atoms with Crippen LogP contribution in [0.4, 0.5) is 0 Å². The van der Waals surface area contributed by atoms with E-state index in [4.69, 9.17) is 4.98 Å². The van der Waals surface area contributed by atoms with Crippen LogP contribution in [0.3, 0.4) is 0 Å². The van der Waals surface area contributed by atoms with Gasteiger partial charge >= 0.3 is 0 Å². The van der Waals surface area contributed by atoms with E-state index in [2.05, 4.69) is 17.6 Å². The smallest absolute Gasteiger partial charge is 0.246 e. The molecule has 7 nitrogen and oxygen atoms in total. The van der Waals surface area contributed by atoms with Crippen molar-refractivity contribution in [2.45, 2.75) is 83.3 Å². The minimum absolute atomic E-state index is 0.0141. The van der Waals surface area contributed by atoms with Crippen molar-refractivity contribution in [2.75, 3.05) is 13.6 Å². The van der Waals surface area contributed by atoms with Gasteiger partial charge in [-0.3, -0.25) is 14.4 Å². The van der Waals surface area contributed by atoms with Crippen molar-refractivity contribution in [2.24, 2.45) is 5.92 Å². The monoisotopic (exact) mass is 510 g/mol. The summed E-state index contributed by atoms with van der Waals surface area (Å²) in [6, 6.07) is 6.64. The predicted octanol–water partition coefficient (Wildman–Crippen LogP) is 4.27. The van der Waals surface area contributed by atoms with E-state index in [-0.39, 0.29) is 35.6 Å². The maximum atomic E-state index is 13.9. The Labute approximate surface area is 218 Å². The summed E-state index contributed by atoms with van der Waals surface area (Å²) in [6.07, 6.45) is 7.84. The Morgan fingerprint density at radius 2 is 1.92 bits per heavy atom. The number of ketones is 1. The zero-order valence-electron chi connectivity index (χ0n) is 21.6. The molecular formula is C28H38N4O3S. The van der Waals surface area contributed by atoms with E-state index in [1.54, 1.807) is 14.0 Å².